The van der Waals surface area contributed by atoms with Gasteiger partial charge in [0.2, 0.25) is 0 Å². The van der Waals surface area contributed by atoms with E-state index in [1.54, 1.807) is 0 Å². The number of likely N-dealkylation sites (N-methyl/N-ethyl adjacent to an activating group) is 1. The highest BCUT2D eigenvalue weighted by Gasteiger charge is 2.45. The summed E-state index contributed by atoms with van der Waals surface area (Å²) >= 11 is 0. The molecule has 124 valence electrons. The van der Waals surface area contributed by atoms with Crippen LogP contribution in [0.3, 0.4) is 0 Å². The number of rotatable bonds is 5. The zero-order valence-corrected chi connectivity index (χ0v) is 14.8. The lowest BCUT2D eigenvalue weighted by atomic mass is 9.71. The summed E-state index contributed by atoms with van der Waals surface area (Å²) in [6, 6.07) is 0. The first-order valence-corrected chi connectivity index (χ1v) is 8.92. The van der Waals surface area contributed by atoms with Crippen LogP contribution < -0.4 is 0 Å². The minimum absolute atomic E-state index is 0.252. The third-order valence-corrected chi connectivity index (χ3v) is 5.33. The molecule has 21 heavy (non-hydrogen) atoms. The van der Waals surface area contributed by atoms with Crippen molar-refractivity contribution in [1.82, 2.24) is 4.90 Å². The van der Waals surface area contributed by atoms with Crippen molar-refractivity contribution in [3.8, 4) is 0 Å². The summed E-state index contributed by atoms with van der Waals surface area (Å²) in [5, 5.41) is 0. The number of ether oxygens (including phenoxy) is 2. The van der Waals surface area contributed by atoms with Crippen molar-refractivity contribution >= 4 is 0 Å². The van der Waals surface area contributed by atoms with Crippen molar-refractivity contribution in [2.75, 3.05) is 26.2 Å². The molecule has 0 aromatic carbocycles. The highest BCUT2D eigenvalue weighted by Crippen LogP contribution is 2.45. The smallest absolute Gasteiger partial charge is 0.168 e. The molecule has 0 aromatic heterocycles. The highest BCUT2D eigenvalue weighted by molar-refractivity contribution is 4.89. The molecular weight excluding hydrogens is 262 g/mol. The van der Waals surface area contributed by atoms with Crippen molar-refractivity contribution in [2.45, 2.75) is 78.6 Å². The van der Waals surface area contributed by atoms with Gasteiger partial charge in [-0.1, -0.05) is 34.6 Å². The molecule has 0 amide bonds. The first-order chi connectivity index (χ1) is 9.88. The Kier molecular flexibility index (Phi) is 5.72. The fraction of sp³-hybridized carbons (Fsp3) is 1.00. The Morgan fingerprint density at radius 2 is 1.81 bits per heavy atom. The molecule has 2 aliphatic rings. The second kappa shape index (κ2) is 6.97. The van der Waals surface area contributed by atoms with Crippen LogP contribution in [0, 0.1) is 11.3 Å². The molecular formula is C18H35NO2. The van der Waals surface area contributed by atoms with Gasteiger partial charge < -0.3 is 14.4 Å². The molecule has 3 heteroatoms. The Morgan fingerprint density at radius 3 is 2.33 bits per heavy atom. The third kappa shape index (κ3) is 4.43. The van der Waals surface area contributed by atoms with E-state index in [9.17, 15) is 0 Å². The van der Waals surface area contributed by atoms with Gasteiger partial charge in [0.25, 0.3) is 0 Å². The van der Waals surface area contributed by atoms with E-state index in [1.165, 1.54) is 19.3 Å². The van der Waals surface area contributed by atoms with Crippen molar-refractivity contribution in [3.63, 3.8) is 0 Å². The third-order valence-electron chi connectivity index (χ3n) is 5.33. The second-order valence-corrected chi connectivity index (χ2v) is 8.00. The molecule has 1 saturated carbocycles. The van der Waals surface area contributed by atoms with E-state index in [2.05, 4.69) is 39.5 Å². The van der Waals surface area contributed by atoms with Crippen LogP contribution in [0.15, 0.2) is 0 Å². The lowest BCUT2D eigenvalue weighted by Crippen LogP contribution is -2.40. The van der Waals surface area contributed by atoms with Crippen molar-refractivity contribution < 1.29 is 9.47 Å². The summed E-state index contributed by atoms with van der Waals surface area (Å²) in [5.74, 6) is 0.555. The molecule has 1 atom stereocenters. The van der Waals surface area contributed by atoms with Crippen LogP contribution in [0.1, 0.15) is 66.7 Å². The van der Waals surface area contributed by atoms with Gasteiger partial charge in [0.1, 0.15) is 0 Å². The molecule has 1 heterocycles. The molecule has 0 aromatic rings. The SMILES string of the molecule is CCCN(CC)C[C@@H]1COC2(CCC(C(C)(C)C)CC2)O1. The minimum Gasteiger partial charge on any atom is -0.347 e. The van der Waals surface area contributed by atoms with Crippen LogP contribution in [0.2, 0.25) is 0 Å². The van der Waals surface area contributed by atoms with Gasteiger partial charge in [0, 0.05) is 19.4 Å². The Labute approximate surface area is 131 Å². The van der Waals surface area contributed by atoms with E-state index in [0.29, 0.717) is 5.41 Å². The topological polar surface area (TPSA) is 21.7 Å². The van der Waals surface area contributed by atoms with Crippen molar-refractivity contribution in [2.24, 2.45) is 11.3 Å². The second-order valence-electron chi connectivity index (χ2n) is 8.00. The molecule has 1 aliphatic heterocycles. The molecule has 1 saturated heterocycles. The maximum absolute atomic E-state index is 6.37. The summed E-state index contributed by atoms with van der Waals surface area (Å²) in [6.45, 7) is 15.6. The minimum atomic E-state index is -0.252. The van der Waals surface area contributed by atoms with E-state index in [1.807, 2.05) is 0 Å². The van der Waals surface area contributed by atoms with Gasteiger partial charge >= 0.3 is 0 Å². The summed E-state index contributed by atoms with van der Waals surface area (Å²) in [7, 11) is 0. The predicted octanol–water partition coefficient (Wildman–Crippen LogP) is 4.07. The van der Waals surface area contributed by atoms with E-state index in [0.717, 1.165) is 45.0 Å². The average molecular weight is 297 g/mol. The van der Waals surface area contributed by atoms with E-state index < -0.39 is 0 Å². The maximum Gasteiger partial charge on any atom is 0.168 e. The largest absolute Gasteiger partial charge is 0.347 e. The fourth-order valence-electron chi connectivity index (χ4n) is 3.88. The van der Waals surface area contributed by atoms with Crippen LogP contribution in [-0.2, 0) is 9.47 Å². The molecule has 2 rings (SSSR count). The molecule has 3 nitrogen and oxygen atoms in total. The lowest BCUT2D eigenvalue weighted by molar-refractivity contribution is -0.197. The van der Waals surface area contributed by atoms with Crippen molar-refractivity contribution in [3.05, 3.63) is 0 Å². The monoisotopic (exact) mass is 297 g/mol. The average Bonchev–Trinajstić information content (AvgIpc) is 2.80. The van der Waals surface area contributed by atoms with Gasteiger partial charge in [-0.2, -0.15) is 0 Å². The molecule has 0 bridgehead atoms. The van der Waals surface area contributed by atoms with E-state index in [-0.39, 0.29) is 11.9 Å². The summed E-state index contributed by atoms with van der Waals surface area (Å²) in [4.78, 5) is 2.48. The van der Waals surface area contributed by atoms with Gasteiger partial charge in [0.05, 0.1) is 12.7 Å². The molecule has 2 fully saturated rings. The highest BCUT2D eigenvalue weighted by atomic mass is 16.7. The molecule has 1 spiro atoms. The Hall–Kier alpha value is -0.120. The van der Waals surface area contributed by atoms with Crippen LogP contribution in [0.4, 0.5) is 0 Å². The number of hydrogen-bond donors (Lipinski definition) is 0. The number of hydrogen-bond acceptors (Lipinski definition) is 3. The molecule has 0 unspecified atom stereocenters. The van der Waals surface area contributed by atoms with Crippen LogP contribution in [0.25, 0.3) is 0 Å². The van der Waals surface area contributed by atoms with Crippen LogP contribution >= 0.6 is 0 Å². The van der Waals surface area contributed by atoms with E-state index >= 15 is 0 Å². The van der Waals surface area contributed by atoms with Gasteiger partial charge in [-0.3, -0.25) is 0 Å². The standard InChI is InChI=1S/C18H35NO2/c1-6-12-19(7-2)13-16-14-20-18(21-16)10-8-15(9-11-18)17(3,4)5/h15-16H,6-14H2,1-5H3/t15?,16-,18?/m1/s1. The summed E-state index contributed by atoms with van der Waals surface area (Å²) in [5.41, 5.74) is 0.416. The molecule has 0 N–H and O–H groups in total. The van der Waals surface area contributed by atoms with Crippen LogP contribution in [-0.4, -0.2) is 43.0 Å². The molecule has 1 aliphatic carbocycles. The van der Waals surface area contributed by atoms with Gasteiger partial charge in [-0.15, -0.1) is 0 Å². The first-order valence-electron chi connectivity index (χ1n) is 8.92. The van der Waals surface area contributed by atoms with E-state index in [4.69, 9.17) is 9.47 Å². The quantitative estimate of drug-likeness (QED) is 0.763. The number of nitrogens with zero attached hydrogens (tertiary/aromatic N) is 1. The zero-order chi connectivity index (χ0) is 15.5. The Bertz CT molecular complexity index is 316. The summed E-state index contributed by atoms with van der Waals surface area (Å²) in [6.07, 6.45) is 6.10. The predicted molar refractivity (Wildman–Crippen MR) is 87.4 cm³/mol. The van der Waals surface area contributed by atoms with Gasteiger partial charge in [-0.05, 0) is 43.7 Å². The Balaban J connectivity index is 1.82. The van der Waals surface area contributed by atoms with Gasteiger partial charge in [0.15, 0.2) is 5.79 Å². The lowest BCUT2D eigenvalue weighted by Gasteiger charge is -2.41. The zero-order valence-electron chi connectivity index (χ0n) is 14.8. The van der Waals surface area contributed by atoms with Gasteiger partial charge in [-0.25, -0.2) is 0 Å². The van der Waals surface area contributed by atoms with Crippen molar-refractivity contribution in [1.29, 1.82) is 0 Å². The molecule has 0 radical (unpaired) electrons. The fourth-order valence-corrected chi connectivity index (χ4v) is 3.88. The summed E-state index contributed by atoms with van der Waals surface area (Å²) < 4.78 is 12.5. The first kappa shape index (κ1) is 17.2. The Morgan fingerprint density at radius 1 is 1.14 bits per heavy atom. The normalized spacial score (nSPS) is 34.0. The maximum atomic E-state index is 6.37. The van der Waals surface area contributed by atoms with Crippen LogP contribution in [0.5, 0.6) is 0 Å².